The minimum Gasteiger partial charge on any atom is -0.309 e. The van der Waals surface area contributed by atoms with Gasteiger partial charge in [-0.3, -0.25) is 0 Å². The maximum absolute atomic E-state index is 9.24. The molecule has 206 valence electrons. The fourth-order valence-corrected chi connectivity index (χ4v) is 6.10. The van der Waals surface area contributed by atoms with Gasteiger partial charge in [0.05, 0.1) is 39.9 Å². The van der Waals surface area contributed by atoms with E-state index in [1.54, 1.807) is 18.2 Å². The molecule has 0 fully saturated rings. The number of para-hydroxylation sites is 3. The molecule has 2 aromatic heterocycles. The molecule has 7 aromatic carbocycles. The van der Waals surface area contributed by atoms with Crippen molar-refractivity contribution in [2.24, 2.45) is 0 Å². The molecule has 0 saturated carbocycles. The fourth-order valence-electron chi connectivity index (χ4n) is 6.10. The first-order valence-corrected chi connectivity index (χ1v) is 14.1. The van der Waals surface area contributed by atoms with Gasteiger partial charge < -0.3 is 9.13 Å². The van der Waals surface area contributed by atoms with E-state index < -0.39 is 54.4 Å². The van der Waals surface area contributed by atoms with Crippen molar-refractivity contribution in [2.45, 2.75) is 0 Å². The Labute approximate surface area is 273 Å². The van der Waals surface area contributed by atoms with E-state index in [0.29, 0.717) is 33.2 Å². The molecule has 0 bridgehead atoms. The van der Waals surface area contributed by atoms with Crippen molar-refractivity contribution < 1.29 is 17.8 Å². The molecule has 0 spiro atoms. The van der Waals surface area contributed by atoms with E-state index in [0.717, 1.165) is 27.3 Å². The van der Waals surface area contributed by atoms with Crippen LogP contribution < -0.4 is 0 Å². The van der Waals surface area contributed by atoms with E-state index >= 15 is 0 Å². The summed E-state index contributed by atoms with van der Waals surface area (Å²) in [4.78, 5) is 0. The smallest absolute Gasteiger partial charge is 0.0645 e. The lowest BCUT2D eigenvalue weighted by Crippen LogP contribution is -1.96. The second-order valence-corrected chi connectivity index (χ2v) is 10.4. The molecular formula is C42H28N2. The SMILES string of the molecule is [2H]c1c([2H])c([2H])c(-c2c([2H])c([2H])c([2H])c(-c3cccc(-n4c5ccccc5c5cc(-n6c7ccccc7c7c([2H])c([2H])c([2H])c([2H])c76)ccc54)c3)c2[2H])c([2H])c1[2H]. The standard InChI is InChI=1S/C42H28N2/c1-2-12-29(13-3-1)30-14-10-15-31(26-30)32-16-11-17-33(27-32)43-41-23-9-6-20-37(41)38-28-34(24-25-42(38)43)44-39-21-7-4-18-35(39)36-19-5-8-22-40(36)44/h1-28H/i1D,2D,3D,4D,7D,10D,12D,13D,14D,15D,18D,21D,26D. The summed E-state index contributed by atoms with van der Waals surface area (Å²) in [6.45, 7) is 0. The van der Waals surface area contributed by atoms with Crippen LogP contribution in [0.25, 0.3) is 77.2 Å². The van der Waals surface area contributed by atoms with Crippen LogP contribution >= 0.6 is 0 Å². The first-order chi connectivity index (χ1) is 27.2. The van der Waals surface area contributed by atoms with Gasteiger partial charge in [0, 0.05) is 32.9 Å². The zero-order chi connectivity index (χ0) is 40.3. The van der Waals surface area contributed by atoms with Crippen LogP contribution in [0.4, 0.5) is 0 Å². The topological polar surface area (TPSA) is 9.86 Å². The summed E-state index contributed by atoms with van der Waals surface area (Å²) < 4.78 is 115. The normalized spacial score (nSPS) is 15.8. The van der Waals surface area contributed by atoms with Gasteiger partial charge in [0.2, 0.25) is 0 Å². The van der Waals surface area contributed by atoms with Gasteiger partial charge in [-0.05, 0) is 76.8 Å². The van der Waals surface area contributed by atoms with Gasteiger partial charge in [0.1, 0.15) is 0 Å². The average molecular weight is 574 g/mol. The lowest BCUT2D eigenvalue weighted by Gasteiger charge is -2.12. The predicted molar refractivity (Wildman–Crippen MR) is 186 cm³/mol. The van der Waals surface area contributed by atoms with Crippen molar-refractivity contribution in [2.75, 3.05) is 0 Å². The number of hydrogen-bond donors (Lipinski definition) is 0. The number of nitrogens with zero attached hydrogens (tertiary/aromatic N) is 2. The predicted octanol–water partition coefficient (Wildman–Crippen LogP) is 11.2. The Balaban J connectivity index is 1.28. The highest BCUT2D eigenvalue weighted by Crippen LogP contribution is 2.37. The van der Waals surface area contributed by atoms with Gasteiger partial charge in [-0.15, -0.1) is 0 Å². The minimum absolute atomic E-state index is 0.0290. The van der Waals surface area contributed by atoms with E-state index in [1.165, 1.54) is 0 Å². The van der Waals surface area contributed by atoms with Gasteiger partial charge in [-0.1, -0.05) is 115 Å². The summed E-state index contributed by atoms with van der Waals surface area (Å²) in [5, 5.41) is 2.87. The van der Waals surface area contributed by atoms with E-state index in [4.69, 9.17) is 16.4 Å². The molecule has 0 radical (unpaired) electrons. The van der Waals surface area contributed by atoms with Crippen LogP contribution in [0, 0.1) is 0 Å². The zero-order valence-corrected chi connectivity index (χ0v) is 23.1. The largest absolute Gasteiger partial charge is 0.309 e. The van der Waals surface area contributed by atoms with Gasteiger partial charge in [0.25, 0.3) is 0 Å². The molecule has 0 aliphatic carbocycles. The van der Waals surface area contributed by atoms with Crippen molar-refractivity contribution in [3.8, 4) is 33.6 Å². The Hall–Kier alpha value is -5.86. The third kappa shape index (κ3) is 3.82. The molecule has 44 heavy (non-hydrogen) atoms. The molecule has 2 heterocycles. The number of aromatic nitrogens is 2. The molecule has 0 saturated heterocycles. The van der Waals surface area contributed by atoms with Crippen LogP contribution in [0.1, 0.15) is 17.8 Å². The Morgan fingerprint density at radius 1 is 0.364 bits per heavy atom. The zero-order valence-electron chi connectivity index (χ0n) is 36.1. The molecule has 0 atom stereocenters. The fraction of sp³-hybridized carbons (Fsp3) is 0. The van der Waals surface area contributed by atoms with Crippen molar-refractivity contribution in [3.05, 3.63) is 170 Å². The molecule has 9 rings (SSSR count). The summed E-state index contributed by atoms with van der Waals surface area (Å²) >= 11 is 0. The average Bonchev–Trinajstić information content (AvgIpc) is 3.74. The van der Waals surface area contributed by atoms with E-state index in [1.807, 2.05) is 81.9 Å². The van der Waals surface area contributed by atoms with Crippen LogP contribution in [0.2, 0.25) is 0 Å². The van der Waals surface area contributed by atoms with Gasteiger partial charge >= 0.3 is 0 Å². The van der Waals surface area contributed by atoms with Crippen molar-refractivity contribution in [3.63, 3.8) is 0 Å². The highest BCUT2D eigenvalue weighted by molar-refractivity contribution is 6.12. The lowest BCUT2D eigenvalue weighted by molar-refractivity contribution is 1.17. The molecule has 2 nitrogen and oxygen atoms in total. The highest BCUT2D eigenvalue weighted by Gasteiger charge is 2.16. The second kappa shape index (κ2) is 9.86. The minimum atomic E-state index is -0.632. The number of hydrogen-bond acceptors (Lipinski definition) is 0. The van der Waals surface area contributed by atoms with E-state index in [9.17, 15) is 1.37 Å². The third-order valence-corrected chi connectivity index (χ3v) is 7.99. The van der Waals surface area contributed by atoms with Crippen LogP contribution in [-0.2, 0) is 0 Å². The molecule has 0 aliphatic rings. The summed E-state index contributed by atoms with van der Waals surface area (Å²) in [7, 11) is 0. The summed E-state index contributed by atoms with van der Waals surface area (Å²) in [6, 6.07) is 22.1. The molecule has 0 amide bonds. The lowest BCUT2D eigenvalue weighted by atomic mass is 9.99. The van der Waals surface area contributed by atoms with Gasteiger partial charge in [-0.25, -0.2) is 0 Å². The van der Waals surface area contributed by atoms with Crippen molar-refractivity contribution in [1.29, 1.82) is 0 Å². The van der Waals surface area contributed by atoms with E-state index in [2.05, 4.69) is 0 Å². The first-order valence-electron chi connectivity index (χ1n) is 20.6. The quantitative estimate of drug-likeness (QED) is 0.198. The summed E-state index contributed by atoms with van der Waals surface area (Å²) in [5.74, 6) is 0. The third-order valence-electron chi connectivity index (χ3n) is 7.99. The molecule has 0 N–H and O–H groups in total. The van der Waals surface area contributed by atoms with Gasteiger partial charge in [0.15, 0.2) is 0 Å². The van der Waals surface area contributed by atoms with E-state index in [-0.39, 0.29) is 40.9 Å². The molecule has 9 aromatic rings. The van der Waals surface area contributed by atoms with Crippen LogP contribution in [0.5, 0.6) is 0 Å². The summed E-state index contributed by atoms with van der Waals surface area (Å²) in [5.41, 5.74) is 3.66. The second-order valence-electron chi connectivity index (χ2n) is 10.4. The van der Waals surface area contributed by atoms with Gasteiger partial charge in [-0.2, -0.15) is 0 Å². The van der Waals surface area contributed by atoms with Crippen LogP contribution in [0.3, 0.4) is 0 Å². The van der Waals surface area contributed by atoms with Crippen molar-refractivity contribution in [1.82, 2.24) is 9.13 Å². The number of benzene rings is 7. The highest BCUT2D eigenvalue weighted by atomic mass is 15.0. The maximum Gasteiger partial charge on any atom is 0.0645 e. The Morgan fingerprint density at radius 2 is 0.977 bits per heavy atom. The Kier molecular flexibility index (Phi) is 3.37. The number of rotatable bonds is 4. The molecular weight excluding hydrogens is 532 g/mol. The van der Waals surface area contributed by atoms with Crippen LogP contribution in [-0.4, -0.2) is 9.13 Å². The first kappa shape index (κ1) is 15.0. The Bertz CT molecular complexity index is 3210. The summed E-state index contributed by atoms with van der Waals surface area (Å²) in [6.07, 6.45) is 0. The maximum atomic E-state index is 9.24. The number of fused-ring (bicyclic) bond motifs is 6. The Morgan fingerprint density at radius 3 is 1.80 bits per heavy atom. The van der Waals surface area contributed by atoms with Crippen LogP contribution in [0.15, 0.2) is 170 Å². The monoisotopic (exact) mass is 573 g/mol. The molecule has 0 unspecified atom stereocenters. The molecule has 0 aliphatic heterocycles. The van der Waals surface area contributed by atoms with Crippen molar-refractivity contribution >= 4 is 43.6 Å². The molecule has 2 heteroatoms.